The molecule has 56 valence electrons. The summed E-state index contributed by atoms with van der Waals surface area (Å²) in [4.78, 5) is 4.03. The molecule has 0 aliphatic carbocycles. The quantitative estimate of drug-likeness (QED) is 0.494. The second-order valence-corrected chi connectivity index (χ2v) is 2.58. The molecular formula is C7H12N2O. The molecular weight excluding hydrogens is 128 g/mol. The number of hydrogen-bond donors (Lipinski definition) is 2. The molecule has 1 aliphatic rings. The van der Waals surface area contributed by atoms with Crippen LogP contribution in [0, 0.1) is 5.92 Å². The summed E-state index contributed by atoms with van der Waals surface area (Å²) >= 11 is 0. The van der Waals surface area contributed by atoms with Crippen LogP contribution in [0.25, 0.3) is 0 Å². The minimum atomic E-state index is -0.428. The number of rotatable bonds is 0. The number of nitrogens with zero attached hydrogens (tertiary/aromatic N) is 1. The van der Waals surface area contributed by atoms with E-state index in [2.05, 4.69) is 4.99 Å². The molecule has 0 radical (unpaired) electrons. The van der Waals surface area contributed by atoms with E-state index < -0.39 is 6.10 Å². The van der Waals surface area contributed by atoms with Gasteiger partial charge in [-0.05, 0) is 0 Å². The predicted molar refractivity (Wildman–Crippen MR) is 40.8 cm³/mol. The second kappa shape index (κ2) is 2.84. The molecule has 2 atom stereocenters. The van der Waals surface area contributed by atoms with Crippen LogP contribution in [-0.4, -0.2) is 24.0 Å². The van der Waals surface area contributed by atoms with Crippen molar-refractivity contribution in [1.82, 2.24) is 0 Å². The van der Waals surface area contributed by atoms with E-state index in [-0.39, 0.29) is 5.92 Å². The first-order valence-corrected chi connectivity index (χ1v) is 3.35. The van der Waals surface area contributed by atoms with Gasteiger partial charge in [-0.3, -0.25) is 4.99 Å². The van der Waals surface area contributed by atoms with Gasteiger partial charge in [0.25, 0.3) is 0 Å². The molecule has 0 aromatic heterocycles. The summed E-state index contributed by atoms with van der Waals surface area (Å²) in [6, 6.07) is 0. The first-order valence-electron chi connectivity index (χ1n) is 3.35. The Bertz CT molecular complexity index is 172. The molecule has 0 fully saturated rings. The van der Waals surface area contributed by atoms with Crippen LogP contribution in [0.15, 0.2) is 16.8 Å². The third kappa shape index (κ3) is 1.19. The molecule has 3 N–H and O–H groups in total. The minimum Gasteiger partial charge on any atom is -0.404 e. The van der Waals surface area contributed by atoms with Gasteiger partial charge in [0.05, 0.1) is 6.10 Å². The lowest BCUT2D eigenvalue weighted by Crippen LogP contribution is -2.27. The summed E-state index contributed by atoms with van der Waals surface area (Å²) in [6.45, 7) is 2.64. The highest BCUT2D eigenvalue weighted by Gasteiger charge is 2.19. The molecule has 0 saturated heterocycles. The fourth-order valence-electron chi connectivity index (χ4n) is 0.971. The molecule has 0 aromatic carbocycles. The van der Waals surface area contributed by atoms with Gasteiger partial charge in [-0.15, -0.1) is 0 Å². The Morgan fingerprint density at radius 1 is 1.90 bits per heavy atom. The molecule has 0 amide bonds. The third-order valence-corrected chi connectivity index (χ3v) is 1.71. The molecule has 1 aliphatic heterocycles. The fourth-order valence-corrected chi connectivity index (χ4v) is 0.971. The summed E-state index contributed by atoms with van der Waals surface area (Å²) in [6.07, 6.45) is 2.61. The molecule has 3 nitrogen and oxygen atoms in total. The van der Waals surface area contributed by atoms with Crippen molar-refractivity contribution < 1.29 is 5.11 Å². The Morgan fingerprint density at radius 2 is 2.60 bits per heavy atom. The Morgan fingerprint density at radius 3 is 3.10 bits per heavy atom. The summed E-state index contributed by atoms with van der Waals surface area (Å²) in [5.41, 5.74) is 5.96. The van der Waals surface area contributed by atoms with Crippen LogP contribution < -0.4 is 5.73 Å². The van der Waals surface area contributed by atoms with E-state index in [4.69, 9.17) is 5.73 Å². The van der Waals surface area contributed by atoms with Gasteiger partial charge < -0.3 is 10.8 Å². The number of aliphatic hydroxyl groups is 1. The van der Waals surface area contributed by atoms with Gasteiger partial charge in [0, 0.05) is 30.5 Å². The number of aliphatic imine (C=N–C) groups is 1. The molecule has 1 rings (SSSR count). The topological polar surface area (TPSA) is 58.6 Å². The molecule has 10 heavy (non-hydrogen) atoms. The van der Waals surface area contributed by atoms with Crippen molar-refractivity contribution in [3.05, 3.63) is 11.8 Å². The molecule has 1 heterocycles. The van der Waals surface area contributed by atoms with Crippen molar-refractivity contribution in [3.8, 4) is 0 Å². The van der Waals surface area contributed by atoms with E-state index in [1.165, 1.54) is 6.20 Å². The summed E-state index contributed by atoms with van der Waals surface area (Å²) in [7, 11) is 0. The summed E-state index contributed by atoms with van der Waals surface area (Å²) < 4.78 is 0. The normalized spacial score (nSPS) is 36.8. The maximum atomic E-state index is 9.40. The van der Waals surface area contributed by atoms with Gasteiger partial charge in [-0.1, -0.05) is 6.92 Å². The zero-order valence-electron chi connectivity index (χ0n) is 5.99. The van der Waals surface area contributed by atoms with Crippen molar-refractivity contribution in [2.45, 2.75) is 13.0 Å². The predicted octanol–water partition coefficient (Wildman–Crippen LogP) is -0.0896. The Kier molecular flexibility index (Phi) is 2.06. The van der Waals surface area contributed by atoms with E-state index in [0.717, 1.165) is 5.57 Å². The van der Waals surface area contributed by atoms with Crippen LogP contribution in [0.4, 0.5) is 0 Å². The zero-order chi connectivity index (χ0) is 7.56. The monoisotopic (exact) mass is 140 g/mol. The van der Waals surface area contributed by atoms with Crippen LogP contribution in [0.5, 0.6) is 0 Å². The fraction of sp³-hybridized carbons (Fsp3) is 0.571. The molecule has 2 unspecified atom stereocenters. The molecule has 0 bridgehead atoms. The largest absolute Gasteiger partial charge is 0.404 e. The zero-order valence-corrected chi connectivity index (χ0v) is 5.99. The highest BCUT2D eigenvalue weighted by Crippen LogP contribution is 2.14. The van der Waals surface area contributed by atoms with Crippen LogP contribution in [0.3, 0.4) is 0 Å². The second-order valence-electron chi connectivity index (χ2n) is 2.58. The minimum absolute atomic E-state index is 0.194. The van der Waals surface area contributed by atoms with E-state index in [1.807, 2.05) is 6.92 Å². The lowest BCUT2D eigenvalue weighted by molar-refractivity contribution is 0.157. The standard InChI is InChI=1S/C7H12N2O/c1-5-3-9-4-6(2-8)7(5)10/h2,4-5,7,10H,3,8H2,1H3. The van der Waals surface area contributed by atoms with Crippen LogP contribution in [-0.2, 0) is 0 Å². The number of hydrogen-bond acceptors (Lipinski definition) is 3. The smallest absolute Gasteiger partial charge is 0.0861 e. The third-order valence-electron chi connectivity index (χ3n) is 1.71. The highest BCUT2D eigenvalue weighted by atomic mass is 16.3. The van der Waals surface area contributed by atoms with E-state index in [0.29, 0.717) is 6.54 Å². The number of nitrogens with two attached hydrogens (primary N) is 1. The van der Waals surface area contributed by atoms with Crippen molar-refractivity contribution in [3.63, 3.8) is 0 Å². The summed E-state index contributed by atoms with van der Waals surface area (Å²) in [5.74, 6) is 0.194. The highest BCUT2D eigenvalue weighted by molar-refractivity contribution is 5.80. The van der Waals surface area contributed by atoms with Gasteiger partial charge in [0.2, 0.25) is 0 Å². The van der Waals surface area contributed by atoms with Crippen LogP contribution >= 0.6 is 0 Å². The average molecular weight is 140 g/mol. The van der Waals surface area contributed by atoms with Crippen molar-refractivity contribution in [1.29, 1.82) is 0 Å². The van der Waals surface area contributed by atoms with E-state index >= 15 is 0 Å². The molecule has 0 aromatic rings. The van der Waals surface area contributed by atoms with Gasteiger partial charge in [0.1, 0.15) is 0 Å². The Hall–Kier alpha value is -0.830. The van der Waals surface area contributed by atoms with Gasteiger partial charge >= 0.3 is 0 Å². The summed E-state index contributed by atoms with van der Waals surface area (Å²) in [5, 5.41) is 9.40. The van der Waals surface area contributed by atoms with Gasteiger partial charge in [-0.2, -0.15) is 0 Å². The first kappa shape index (κ1) is 7.28. The van der Waals surface area contributed by atoms with Crippen LogP contribution in [0.1, 0.15) is 6.92 Å². The Balaban J connectivity index is 2.76. The molecule has 0 saturated carbocycles. The molecule has 0 spiro atoms. The van der Waals surface area contributed by atoms with Crippen molar-refractivity contribution in [2.24, 2.45) is 16.6 Å². The van der Waals surface area contributed by atoms with Crippen molar-refractivity contribution in [2.75, 3.05) is 6.54 Å². The SMILES string of the molecule is CC1CN=CC(=CN)C1O. The van der Waals surface area contributed by atoms with Gasteiger partial charge in [0.15, 0.2) is 0 Å². The van der Waals surface area contributed by atoms with Crippen LogP contribution in [0.2, 0.25) is 0 Å². The first-order chi connectivity index (χ1) is 4.75. The van der Waals surface area contributed by atoms with Crippen molar-refractivity contribution >= 4 is 6.21 Å². The van der Waals surface area contributed by atoms with E-state index in [1.54, 1.807) is 6.21 Å². The Labute approximate surface area is 60.3 Å². The lowest BCUT2D eigenvalue weighted by Gasteiger charge is -2.21. The van der Waals surface area contributed by atoms with Gasteiger partial charge in [-0.25, -0.2) is 0 Å². The van der Waals surface area contributed by atoms with E-state index in [9.17, 15) is 5.11 Å². The average Bonchev–Trinajstić information content (AvgIpc) is 1.95. The lowest BCUT2D eigenvalue weighted by atomic mass is 9.96. The number of aliphatic hydroxyl groups excluding tert-OH is 1. The maximum Gasteiger partial charge on any atom is 0.0861 e. The maximum absolute atomic E-state index is 9.40. The molecule has 3 heteroatoms.